The number of carbonyl (C=O) groups is 1. The number of amides is 1. The number of rotatable bonds is 2. The van der Waals surface area contributed by atoms with Crippen molar-refractivity contribution in [2.24, 2.45) is 5.14 Å². The topological polar surface area (TPSA) is 93.4 Å². The summed E-state index contributed by atoms with van der Waals surface area (Å²) in [7, 11) is -3.73. The van der Waals surface area contributed by atoms with Gasteiger partial charge in [-0.25, -0.2) is 18.5 Å². The molecule has 1 aromatic heterocycles. The molecule has 1 amide bonds. The van der Waals surface area contributed by atoms with E-state index in [1.165, 1.54) is 11.1 Å². The molecule has 1 saturated heterocycles. The smallest absolute Gasteiger partial charge is 0.228 e. The van der Waals surface area contributed by atoms with E-state index in [0.29, 0.717) is 5.69 Å². The van der Waals surface area contributed by atoms with Gasteiger partial charge < -0.3 is 4.90 Å². The van der Waals surface area contributed by atoms with Crippen LogP contribution in [0.25, 0.3) is 0 Å². The Labute approximate surface area is 110 Å². The number of pyridine rings is 1. The maximum atomic E-state index is 11.9. The molecule has 1 aliphatic rings. The van der Waals surface area contributed by atoms with Crippen LogP contribution in [0.4, 0.5) is 5.69 Å². The van der Waals surface area contributed by atoms with Gasteiger partial charge in [0.1, 0.15) is 5.25 Å². The van der Waals surface area contributed by atoms with Crippen LogP contribution in [0.5, 0.6) is 0 Å². The lowest BCUT2D eigenvalue weighted by molar-refractivity contribution is -0.117. The zero-order valence-electron chi connectivity index (χ0n) is 9.63. The van der Waals surface area contributed by atoms with Crippen molar-refractivity contribution in [2.75, 3.05) is 11.4 Å². The molecule has 1 fully saturated rings. The van der Waals surface area contributed by atoms with Gasteiger partial charge in [0.25, 0.3) is 0 Å². The lowest BCUT2D eigenvalue weighted by atomic mass is 10.2. The van der Waals surface area contributed by atoms with Crippen LogP contribution in [0, 0.1) is 6.92 Å². The lowest BCUT2D eigenvalue weighted by Crippen LogP contribution is -2.32. The van der Waals surface area contributed by atoms with E-state index in [1.807, 2.05) is 0 Å². The van der Waals surface area contributed by atoms with Crippen molar-refractivity contribution >= 4 is 33.2 Å². The second-order valence-electron chi connectivity index (χ2n) is 4.19. The molecule has 1 aliphatic heterocycles. The Bertz CT molecular complexity index is 582. The molecule has 1 unspecified atom stereocenters. The van der Waals surface area contributed by atoms with Gasteiger partial charge in [-0.3, -0.25) is 4.79 Å². The normalized spacial score (nSPS) is 20.5. The number of hydrogen-bond acceptors (Lipinski definition) is 4. The summed E-state index contributed by atoms with van der Waals surface area (Å²) >= 11 is 5.95. The summed E-state index contributed by atoms with van der Waals surface area (Å²) in [6.07, 6.45) is 1.41. The number of carbonyl (C=O) groups excluding carboxylic acids is 1. The van der Waals surface area contributed by atoms with Crippen LogP contribution in [0.3, 0.4) is 0 Å². The Kier molecular flexibility index (Phi) is 3.31. The lowest BCUT2D eigenvalue weighted by Gasteiger charge is -2.19. The molecular weight excluding hydrogens is 278 g/mol. The molecule has 0 spiro atoms. The van der Waals surface area contributed by atoms with E-state index in [4.69, 9.17) is 16.7 Å². The minimum atomic E-state index is -3.73. The predicted octanol–water partition coefficient (Wildman–Crippen LogP) is 0.437. The van der Waals surface area contributed by atoms with E-state index in [-0.39, 0.29) is 24.0 Å². The Morgan fingerprint density at radius 2 is 2.22 bits per heavy atom. The van der Waals surface area contributed by atoms with Crippen molar-refractivity contribution in [1.29, 1.82) is 0 Å². The van der Waals surface area contributed by atoms with Crippen molar-refractivity contribution in [3.63, 3.8) is 0 Å². The van der Waals surface area contributed by atoms with Gasteiger partial charge >= 0.3 is 0 Å². The van der Waals surface area contributed by atoms with Crippen molar-refractivity contribution in [1.82, 2.24) is 4.98 Å². The summed E-state index contributed by atoms with van der Waals surface area (Å²) in [4.78, 5) is 17.1. The van der Waals surface area contributed by atoms with E-state index in [9.17, 15) is 13.2 Å². The highest BCUT2D eigenvalue weighted by Gasteiger charge is 2.38. The van der Waals surface area contributed by atoms with Gasteiger partial charge in [-0.2, -0.15) is 0 Å². The minimum absolute atomic E-state index is 0.0178. The van der Waals surface area contributed by atoms with Crippen molar-refractivity contribution in [3.8, 4) is 0 Å². The average molecular weight is 290 g/mol. The fourth-order valence-electron chi connectivity index (χ4n) is 1.95. The number of aryl methyl sites for hydroxylation is 1. The van der Waals surface area contributed by atoms with E-state index in [1.54, 1.807) is 13.0 Å². The van der Waals surface area contributed by atoms with Crippen LogP contribution < -0.4 is 10.0 Å². The third-order valence-corrected chi connectivity index (χ3v) is 4.43. The van der Waals surface area contributed by atoms with Gasteiger partial charge in [-0.05, 0) is 18.6 Å². The number of halogens is 1. The number of primary sulfonamides is 1. The zero-order chi connectivity index (χ0) is 13.5. The molecule has 2 heterocycles. The predicted molar refractivity (Wildman–Crippen MR) is 67.8 cm³/mol. The number of anilines is 1. The first kappa shape index (κ1) is 13.3. The van der Waals surface area contributed by atoms with Crippen LogP contribution >= 0.6 is 11.6 Å². The number of nitrogens with two attached hydrogens (primary N) is 1. The van der Waals surface area contributed by atoms with Crippen LogP contribution in [-0.2, 0) is 14.8 Å². The van der Waals surface area contributed by atoms with Crippen molar-refractivity contribution in [2.45, 2.75) is 18.6 Å². The molecule has 8 heteroatoms. The molecular formula is C10H12ClN3O3S. The summed E-state index contributed by atoms with van der Waals surface area (Å²) in [6.45, 7) is 1.80. The maximum Gasteiger partial charge on any atom is 0.228 e. The van der Waals surface area contributed by atoms with E-state index >= 15 is 0 Å². The van der Waals surface area contributed by atoms with Gasteiger partial charge in [-0.15, -0.1) is 0 Å². The van der Waals surface area contributed by atoms with Crippen LogP contribution in [0.15, 0.2) is 12.3 Å². The van der Waals surface area contributed by atoms with Gasteiger partial charge in [0.05, 0.1) is 5.69 Å². The fourth-order valence-corrected chi connectivity index (χ4v) is 2.99. The quantitative estimate of drug-likeness (QED) is 0.799. The molecule has 1 atom stereocenters. The third-order valence-electron chi connectivity index (χ3n) is 2.91. The molecule has 1 aromatic rings. The SMILES string of the molecule is Cc1ccnc(Cl)c1N1CC(S(N)(=O)=O)CC1=O. The van der Waals surface area contributed by atoms with Crippen molar-refractivity contribution < 1.29 is 13.2 Å². The molecule has 2 rings (SSSR count). The maximum absolute atomic E-state index is 11.9. The summed E-state index contributed by atoms with van der Waals surface area (Å²) in [5.41, 5.74) is 1.22. The average Bonchev–Trinajstić information content (AvgIpc) is 2.60. The highest BCUT2D eigenvalue weighted by molar-refractivity contribution is 7.89. The van der Waals surface area contributed by atoms with Crippen LogP contribution in [0.2, 0.25) is 5.15 Å². The highest BCUT2D eigenvalue weighted by atomic mass is 35.5. The molecule has 6 nitrogen and oxygen atoms in total. The Hall–Kier alpha value is -1.18. The summed E-state index contributed by atoms with van der Waals surface area (Å²) < 4.78 is 22.6. The van der Waals surface area contributed by atoms with Crippen molar-refractivity contribution in [3.05, 3.63) is 23.0 Å². The first-order chi connectivity index (χ1) is 8.30. The van der Waals surface area contributed by atoms with Crippen LogP contribution in [-0.4, -0.2) is 31.1 Å². The van der Waals surface area contributed by atoms with E-state index < -0.39 is 15.3 Å². The minimum Gasteiger partial charge on any atom is -0.308 e. The Morgan fingerprint density at radius 1 is 1.56 bits per heavy atom. The standard InChI is InChI=1S/C10H12ClN3O3S/c1-6-2-3-13-10(11)9(6)14-5-7(4-8(14)15)18(12,16)17/h2-3,7H,4-5H2,1H3,(H2,12,16,17). The third kappa shape index (κ3) is 2.33. The Balaban J connectivity index is 2.39. The summed E-state index contributed by atoms with van der Waals surface area (Å²) in [6, 6.07) is 1.71. The van der Waals surface area contributed by atoms with Gasteiger partial charge in [0.2, 0.25) is 15.9 Å². The largest absolute Gasteiger partial charge is 0.308 e. The molecule has 0 aliphatic carbocycles. The number of aromatic nitrogens is 1. The summed E-state index contributed by atoms with van der Waals surface area (Å²) in [5, 5.41) is 4.35. The van der Waals surface area contributed by atoms with E-state index in [2.05, 4.69) is 4.98 Å². The number of sulfonamides is 1. The molecule has 0 aromatic carbocycles. The molecule has 0 radical (unpaired) electrons. The van der Waals surface area contributed by atoms with Crippen LogP contribution in [0.1, 0.15) is 12.0 Å². The molecule has 0 saturated carbocycles. The van der Waals surface area contributed by atoms with Gasteiger partial charge in [-0.1, -0.05) is 11.6 Å². The summed E-state index contributed by atoms with van der Waals surface area (Å²) in [5.74, 6) is -0.313. The molecule has 18 heavy (non-hydrogen) atoms. The number of nitrogens with zero attached hydrogens (tertiary/aromatic N) is 2. The first-order valence-corrected chi connectivity index (χ1v) is 7.22. The molecule has 0 bridgehead atoms. The molecule has 98 valence electrons. The highest BCUT2D eigenvalue weighted by Crippen LogP contribution is 2.31. The number of hydrogen-bond donors (Lipinski definition) is 1. The van der Waals surface area contributed by atoms with Gasteiger partial charge in [0, 0.05) is 19.2 Å². The molecule has 2 N–H and O–H groups in total. The fraction of sp³-hybridized carbons (Fsp3) is 0.400. The second kappa shape index (κ2) is 4.49. The Morgan fingerprint density at radius 3 is 2.72 bits per heavy atom. The second-order valence-corrected chi connectivity index (χ2v) is 6.39. The first-order valence-electron chi connectivity index (χ1n) is 5.24. The van der Waals surface area contributed by atoms with Gasteiger partial charge in [0.15, 0.2) is 5.15 Å². The van der Waals surface area contributed by atoms with E-state index in [0.717, 1.165) is 5.56 Å². The monoisotopic (exact) mass is 289 g/mol. The zero-order valence-corrected chi connectivity index (χ0v) is 11.2.